The van der Waals surface area contributed by atoms with Gasteiger partial charge in [-0.25, -0.2) is 4.39 Å². The molecule has 0 radical (unpaired) electrons. The summed E-state index contributed by atoms with van der Waals surface area (Å²) in [5, 5.41) is 0.709. The van der Waals surface area contributed by atoms with Crippen LogP contribution in [0.5, 0.6) is 0 Å². The highest BCUT2D eigenvalue weighted by Gasteiger charge is 2.16. The Morgan fingerprint density at radius 2 is 1.44 bits per heavy atom. The maximum absolute atomic E-state index is 12.9. The fraction of sp³-hybridized carbons (Fsp3) is 0. The molecule has 92 valence electrons. The summed E-state index contributed by atoms with van der Waals surface area (Å²) in [6.07, 6.45) is 0. The van der Waals surface area contributed by atoms with Crippen LogP contribution in [0.3, 0.4) is 0 Å². The number of carbonyl (C=O) groups is 1. The van der Waals surface area contributed by atoms with Crippen molar-refractivity contribution in [2.45, 2.75) is 0 Å². The molecule has 2 aromatic rings. The molecule has 0 aliphatic heterocycles. The Morgan fingerprint density at radius 3 is 2.00 bits per heavy atom. The maximum Gasteiger partial charge on any atom is 0.196 e. The van der Waals surface area contributed by atoms with Gasteiger partial charge < -0.3 is 0 Å². The lowest BCUT2D eigenvalue weighted by atomic mass is 10.0. The van der Waals surface area contributed by atoms with Gasteiger partial charge in [-0.15, -0.1) is 0 Å². The van der Waals surface area contributed by atoms with Crippen molar-refractivity contribution in [3.63, 3.8) is 0 Å². The second kappa shape index (κ2) is 5.27. The summed E-state index contributed by atoms with van der Waals surface area (Å²) in [5.74, 6) is -0.875. The van der Waals surface area contributed by atoms with Gasteiger partial charge >= 0.3 is 0 Å². The summed E-state index contributed by atoms with van der Waals surface area (Å²) in [4.78, 5) is 12.2. The standard InChI is InChI=1S/C13H6Cl3FO/c14-7-1-3-9(11(15)5-7)13(18)10-4-2-8(17)6-12(10)16/h1-6H. The van der Waals surface area contributed by atoms with Gasteiger partial charge in [0.25, 0.3) is 0 Å². The lowest BCUT2D eigenvalue weighted by molar-refractivity contribution is 0.103. The molecule has 0 heterocycles. The molecule has 0 saturated carbocycles. The van der Waals surface area contributed by atoms with Crippen LogP contribution in [0.4, 0.5) is 4.39 Å². The van der Waals surface area contributed by atoms with Crippen LogP contribution >= 0.6 is 34.8 Å². The molecule has 2 rings (SSSR count). The van der Waals surface area contributed by atoms with E-state index in [0.29, 0.717) is 5.02 Å². The van der Waals surface area contributed by atoms with E-state index in [1.54, 1.807) is 6.07 Å². The highest BCUT2D eigenvalue weighted by molar-refractivity contribution is 6.39. The minimum atomic E-state index is -0.501. The minimum absolute atomic E-state index is 0.0472. The van der Waals surface area contributed by atoms with Crippen LogP contribution in [-0.4, -0.2) is 5.78 Å². The van der Waals surface area contributed by atoms with Gasteiger partial charge in [-0.2, -0.15) is 0 Å². The van der Waals surface area contributed by atoms with Crippen molar-refractivity contribution in [2.75, 3.05) is 0 Å². The molecule has 0 N–H and O–H groups in total. The number of ketones is 1. The first-order chi connectivity index (χ1) is 8.49. The normalized spacial score (nSPS) is 10.4. The van der Waals surface area contributed by atoms with Gasteiger partial charge in [0.15, 0.2) is 5.78 Å². The highest BCUT2D eigenvalue weighted by Crippen LogP contribution is 2.26. The van der Waals surface area contributed by atoms with Crippen LogP contribution in [0.15, 0.2) is 36.4 Å². The van der Waals surface area contributed by atoms with Crippen molar-refractivity contribution in [1.82, 2.24) is 0 Å². The zero-order valence-corrected chi connectivity index (χ0v) is 11.2. The summed E-state index contributed by atoms with van der Waals surface area (Å²) in [7, 11) is 0. The van der Waals surface area contributed by atoms with Crippen LogP contribution in [0.1, 0.15) is 15.9 Å². The third-order valence-electron chi connectivity index (χ3n) is 2.35. The number of hydrogen-bond acceptors (Lipinski definition) is 1. The predicted octanol–water partition coefficient (Wildman–Crippen LogP) is 5.02. The second-order valence-corrected chi connectivity index (χ2v) is 4.83. The van der Waals surface area contributed by atoms with Crippen molar-refractivity contribution in [3.05, 3.63) is 68.4 Å². The fourth-order valence-corrected chi connectivity index (χ4v) is 2.24. The fourth-order valence-electron chi connectivity index (χ4n) is 1.49. The first-order valence-electron chi connectivity index (χ1n) is 4.94. The summed E-state index contributed by atoms with van der Waals surface area (Å²) >= 11 is 17.5. The maximum atomic E-state index is 12.9. The van der Waals surface area contributed by atoms with Crippen LogP contribution in [-0.2, 0) is 0 Å². The van der Waals surface area contributed by atoms with E-state index < -0.39 is 5.82 Å². The molecule has 0 unspecified atom stereocenters. The molecular formula is C13H6Cl3FO. The van der Waals surface area contributed by atoms with Crippen LogP contribution in [0.25, 0.3) is 0 Å². The first-order valence-corrected chi connectivity index (χ1v) is 6.07. The van der Waals surface area contributed by atoms with E-state index in [4.69, 9.17) is 34.8 Å². The van der Waals surface area contributed by atoms with Gasteiger partial charge in [-0.3, -0.25) is 4.79 Å². The number of carbonyl (C=O) groups excluding carboxylic acids is 1. The van der Waals surface area contributed by atoms with Crippen molar-refractivity contribution in [1.29, 1.82) is 0 Å². The Bertz CT molecular complexity index is 572. The molecule has 0 aromatic heterocycles. The average molecular weight is 304 g/mol. The second-order valence-electron chi connectivity index (χ2n) is 3.58. The van der Waals surface area contributed by atoms with E-state index in [2.05, 4.69) is 0 Å². The van der Waals surface area contributed by atoms with Crippen molar-refractivity contribution < 1.29 is 9.18 Å². The van der Waals surface area contributed by atoms with E-state index >= 15 is 0 Å². The van der Waals surface area contributed by atoms with E-state index in [1.807, 2.05) is 0 Å². The summed E-state index contributed by atoms with van der Waals surface area (Å²) < 4.78 is 12.9. The van der Waals surface area contributed by atoms with Gasteiger partial charge in [0, 0.05) is 16.1 Å². The van der Waals surface area contributed by atoms with Crippen molar-refractivity contribution in [2.24, 2.45) is 0 Å². The summed E-state index contributed by atoms with van der Waals surface area (Å²) in [6, 6.07) is 8.10. The molecule has 18 heavy (non-hydrogen) atoms. The SMILES string of the molecule is O=C(c1ccc(F)cc1Cl)c1ccc(Cl)cc1Cl. The van der Waals surface area contributed by atoms with Gasteiger partial charge in [-0.1, -0.05) is 34.8 Å². The topological polar surface area (TPSA) is 17.1 Å². The zero-order chi connectivity index (χ0) is 13.3. The quantitative estimate of drug-likeness (QED) is 0.712. The summed E-state index contributed by atoms with van der Waals surface area (Å²) in [5.41, 5.74) is 0.469. The molecule has 5 heteroatoms. The molecule has 0 aliphatic rings. The molecule has 0 bridgehead atoms. The molecule has 0 spiro atoms. The van der Waals surface area contributed by atoms with E-state index in [0.717, 1.165) is 6.07 Å². The highest BCUT2D eigenvalue weighted by atomic mass is 35.5. The predicted molar refractivity (Wildman–Crippen MR) is 71.3 cm³/mol. The number of hydrogen-bond donors (Lipinski definition) is 0. The van der Waals surface area contributed by atoms with Crippen LogP contribution < -0.4 is 0 Å². The van der Waals surface area contributed by atoms with E-state index in [-0.39, 0.29) is 27.0 Å². The number of halogens is 4. The Kier molecular flexibility index (Phi) is 3.91. The Balaban J connectivity index is 2.48. The van der Waals surface area contributed by atoms with Crippen molar-refractivity contribution in [3.8, 4) is 0 Å². The molecule has 1 nitrogen and oxygen atoms in total. The van der Waals surface area contributed by atoms with Gasteiger partial charge in [0.2, 0.25) is 0 Å². The first kappa shape index (κ1) is 13.3. The molecular weight excluding hydrogens is 297 g/mol. The molecule has 0 saturated heterocycles. The number of benzene rings is 2. The largest absolute Gasteiger partial charge is 0.288 e. The lowest BCUT2D eigenvalue weighted by Crippen LogP contribution is -2.03. The van der Waals surface area contributed by atoms with Gasteiger partial charge in [0.05, 0.1) is 10.0 Å². The third kappa shape index (κ3) is 2.66. The summed E-state index contributed by atoms with van der Waals surface area (Å²) in [6.45, 7) is 0. The van der Waals surface area contributed by atoms with Crippen LogP contribution in [0.2, 0.25) is 15.1 Å². The lowest BCUT2D eigenvalue weighted by Gasteiger charge is -2.06. The Morgan fingerprint density at radius 1 is 0.889 bits per heavy atom. The van der Waals surface area contributed by atoms with Crippen molar-refractivity contribution >= 4 is 40.6 Å². The molecule has 0 aliphatic carbocycles. The van der Waals surface area contributed by atoms with Gasteiger partial charge in [-0.05, 0) is 36.4 Å². The molecule has 0 amide bonds. The van der Waals surface area contributed by atoms with E-state index in [1.165, 1.54) is 24.3 Å². The molecule has 2 aromatic carbocycles. The molecule has 0 fully saturated rings. The smallest absolute Gasteiger partial charge is 0.196 e. The Hall–Kier alpha value is -1.09. The van der Waals surface area contributed by atoms with E-state index in [9.17, 15) is 9.18 Å². The number of rotatable bonds is 2. The van der Waals surface area contributed by atoms with Gasteiger partial charge in [0.1, 0.15) is 5.82 Å². The molecule has 0 atom stereocenters. The Labute approximate surface area is 118 Å². The third-order valence-corrected chi connectivity index (χ3v) is 3.21. The minimum Gasteiger partial charge on any atom is -0.288 e. The van der Waals surface area contributed by atoms with Crippen LogP contribution in [0, 0.1) is 5.82 Å². The average Bonchev–Trinajstić information content (AvgIpc) is 2.28. The monoisotopic (exact) mass is 302 g/mol. The zero-order valence-electron chi connectivity index (χ0n) is 8.88.